The molecule has 0 spiro atoms. The molecule has 0 atom stereocenters. The van der Waals surface area contributed by atoms with Crippen LogP contribution >= 0.6 is 23.2 Å². The van der Waals surface area contributed by atoms with Crippen molar-refractivity contribution in [2.45, 2.75) is 33.1 Å². The van der Waals surface area contributed by atoms with Crippen LogP contribution < -0.4 is 0 Å². The molecule has 0 aliphatic carbocycles. The Morgan fingerprint density at radius 1 is 0.895 bits per heavy atom. The number of benzene rings is 1. The zero-order chi connectivity index (χ0) is 14.2. The van der Waals surface area contributed by atoms with Crippen molar-refractivity contribution in [2.24, 2.45) is 0 Å². The summed E-state index contributed by atoms with van der Waals surface area (Å²) in [4.78, 5) is 8.75. The van der Waals surface area contributed by atoms with Crippen molar-refractivity contribution in [3.63, 3.8) is 0 Å². The molecule has 0 aliphatic rings. The maximum atomic E-state index is 6.28. The van der Waals surface area contributed by atoms with Gasteiger partial charge in [0.1, 0.15) is 16.1 Å². The number of aryl methyl sites for hydroxylation is 1. The largest absolute Gasteiger partial charge is 0.220 e. The maximum Gasteiger partial charge on any atom is 0.142 e. The van der Waals surface area contributed by atoms with Crippen molar-refractivity contribution >= 4 is 23.2 Å². The summed E-state index contributed by atoms with van der Waals surface area (Å²) in [7, 11) is 0. The van der Waals surface area contributed by atoms with Crippen molar-refractivity contribution in [2.75, 3.05) is 0 Å². The van der Waals surface area contributed by atoms with Crippen molar-refractivity contribution in [3.8, 4) is 11.1 Å². The van der Waals surface area contributed by atoms with Crippen LogP contribution in [0.4, 0.5) is 0 Å². The van der Waals surface area contributed by atoms with Gasteiger partial charge in [-0.2, -0.15) is 0 Å². The van der Waals surface area contributed by atoms with E-state index in [9.17, 15) is 0 Å². The minimum absolute atomic E-state index is 0.181. The zero-order valence-corrected chi connectivity index (χ0v) is 13.0. The first kappa shape index (κ1) is 14.3. The molecule has 0 amide bonds. The highest BCUT2D eigenvalue weighted by molar-refractivity contribution is 6.37. The van der Waals surface area contributed by atoms with Gasteiger partial charge >= 0.3 is 0 Å². The summed E-state index contributed by atoms with van der Waals surface area (Å²) < 4.78 is 0. The summed E-state index contributed by atoms with van der Waals surface area (Å²) in [5.74, 6) is 0.651. The number of halogens is 2. The lowest BCUT2D eigenvalue weighted by atomic mass is 9.95. The Hall–Kier alpha value is -1.12. The Balaban J connectivity index is 2.57. The third kappa shape index (κ3) is 3.07. The van der Waals surface area contributed by atoms with E-state index in [4.69, 9.17) is 23.2 Å². The summed E-state index contributed by atoms with van der Waals surface area (Å²) >= 11 is 12.6. The molecule has 19 heavy (non-hydrogen) atoms. The van der Waals surface area contributed by atoms with E-state index in [-0.39, 0.29) is 5.41 Å². The van der Waals surface area contributed by atoms with E-state index in [1.165, 1.54) is 5.56 Å². The molecule has 0 fully saturated rings. The second-order valence-electron chi connectivity index (χ2n) is 5.62. The Bertz CT molecular complexity index is 576. The molecule has 4 heteroatoms. The molecule has 0 unspecified atom stereocenters. The van der Waals surface area contributed by atoms with E-state index < -0.39 is 0 Å². The van der Waals surface area contributed by atoms with Crippen molar-refractivity contribution in [3.05, 3.63) is 46.0 Å². The van der Waals surface area contributed by atoms with Crippen molar-refractivity contribution in [1.82, 2.24) is 9.97 Å². The summed E-state index contributed by atoms with van der Waals surface area (Å²) in [6.45, 7) is 8.12. The predicted molar refractivity (Wildman–Crippen MR) is 80.9 cm³/mol. The number of hydrogen-bond donors (Lipinski definition) is 0. The lowest BCUT2D eigenvalue weighted by molar-refractivity contribution is 0.545. The van der Waals surface area contributed by atoms with Gasteiger partial charge in [-0.15, -0.1) is 0 Å². The van der Waals surface area contributed by atoms with Gasteiger partial charge in [-0.05, 0) is 12.5 Å². The Morgan fingerprint density at radius 3 is 1.79 bits per heavy atom. The zero-order valence-electron chi connectivity index (χ0n) is 11.5. The minimum Gasteiger partial charge on any atom is -0.220 e. The number of aromatic nitrogens is 2. The number of rotatable bonds is 1. The first-order valence-corrected chi connectivity index (χ1v) is 6.85. The molecule has 1 heterocycles. The SMILES string of the molecule is Cc1ccc(-c2c(Cl)nc(C(C)(C)C)nc2Cl)cc1. The quantitative estimate of drug-likeness (QED) is 0.687. The molecule has 2 nitrogen and oxygen atoms in total. The average molecular weight is 295 g/mol. The molecule has 2 aromatic rings. The molecule has 1 aromatic heterocycles. The molecule has 2 rings (SSSR count). The van der Waals surface area contributed by atoms with Gasteiger partial charge in [0.2, 0.25) is 0 Å². The number of nitrogens with zero attached hydrogens (tertiary/aromatic N) is 2. The van der Waals surface area contributed by atoms with Crippen LogP contribution in [-0.2, 0) is 5.41 Å². The third-order valence-electron chi connectivity index (χ3n) is 2.83. The Morgan fingerprint density at radius 2 is 1.37 bits per heavy atom. The third-order valence-corrected chi connectivity index (χ3v) is 3.38. The van der Waals surface area contributed by atoms with E-state index in [0.717, 1.165) is 5.56 Å². The summed E-state index contributed by atoms with van der Waals surface area (Å²) in [5.41, 5.74) is 2.62. The minimum atomic E-state index is -0.181. The van der Waals surface area contributed by atoms with Gasteiger partial charge < -0.3 is 0 Å². The van der Waals surface area contributed by atoms with E-state index >= 15 is 0 Å². The molecule has 0 N–H and O–H groups in total. The highest BCUT2D eigenvalue weighted by Crippen LogP contribution is 2.34. The molecule has 0 radical (unpaired) electrons. The van der Waals surface area contributed by atoms with Crippen molar-refractivity contribution in [1.29, 1.82) is 0 Å². The lowest BCUT2D eigenvalue weighted by Crippen LogP contribution is -2.16. The Labute approximate surface area is 123 Å². The standard InChI is InChI=1S/C15H16Cl2N2/c1-9-5-7-10(8-6-9)11-12(16)18-14(15(2,3)4)19-13(11)17/h5-8H,1-4H3. The molecule has 0 bridgehead atoms. The fraction of sp³-hybridized carbons (Fsp3) is 0.333. The molecular formula is C15H16Cl2N2. The first-order chi connectivity index (χ1) is 8.79. The molecule has 100 valence electrons. The molecule has 0 saturated heterocycles. The van der Waals surface area contributed by atoms with Crippen LogP contribution in [0.15, 0.2) is 24.3 Å². The smallest absolute Gasteiger partial charge is 0.142 e. The predicted octanol–water partition coefficient (Wildman–Crippen LogP) is 5.06. The first-order valence-electron chi connectivity index (χ1n) is 6.09. The van der Waals surface area contributed by atoms with Crippen LogP contribution in [0.3, 0.4) is 0 Å². The van der Waals surface area contributed by atoms with E-state index in [1.807, 2.05) is 52.0 Å². The monoisotopic (exact) mass is 294 g/mol. The van der Waals surface area contributed by atoms with Crippen LogP contribution in [0, 0.1) is 6.92 Å². The van der Waals surface area contributed by atoms with E-state index in [0.29, 0.717) is 21.7 Å². The maximum absolute atomic E-state index is 6.28. The Kier molecular flexibility index (Phi) is 3.84. The summed E-state index contributed by atoms with van der Waals surface area (Å²) in [6.07, 6.45) is 0. The van der Waals surface area contributed by atoms with Gasteiger partial charge in [0.15, 0.2) is 0 Å². The van der Waals surface area contributed by atoms with Gasteiger partial charge in [0, 0.05) is 5.41 Å². The number of hydrogen-bond acceptors (Lipinski definition) is 2. The fourth-order valence-electron chi connectivity index (χ4n) is 1.70. The highest BCUT2D eigenvalue weighted by Gasteiger charge is 2.21. The van der Waals surface area contributed by atoms with Gasteiger partial charge in [-0.1, -0.05) is 73.8 Å². The summed E-state index contributed by atoms with van der Waals surface area (Å²) in [6, 6.07) is 7.98. The molecular weight excluding hydrogens is 279 g/mol. The van der Waals surface area contributed by atoms with Crippen molar-refractivity contribution < 1.29 is 0 Å². The fourth-order valence-corrected chi connectivity index (χ4v) is 2.31. The van der Waals surface area contributed by atoms with Gasteiger partial charge in [-0.25, -0.2) is 9.97 Å². The van der Waals surface area contributed by atoms with Crippen LogP contribution in [0.25, 0.3) is 11.1 Å². The topological polar surface area (TPSA) is 25.8 Å². The second kappa shape index (κ2) is 5.10. The molecule has 0 saturated carbocycles. The normalized spacial score (nSPS) is 11.7. The molecule has 0 aliphatic heterocycles. The lowest BCUT2D eigenvalue weighted by Gasteiger charge is -2.18. The van der Waals surface area contributed by atoms with E-state index in [2.05, 4.69) is 9.97 Å². The van der Waals surface area contributed by atoms with E-state index in [1.54, 1.807) is 0 Å². The van der Waals surface area contributed by atoms with Crippen LogP contribution in [0.2, 0.25) is 10.3 Å². The highest BCUT2D eigenvalue weighted by atomic mass is 35.5. The van der Waals surface area contributed by atoms with Crippen LogP contribution in [0.5, 0.6) is 0 Å². The van der Waals surface area contributed by atoms with Gasteiger partial charge in [0.05, 0.1) is 5.56 Å². The average Bonchev–Trinajstić information content (AvgIpc) is 2.29. The molecule has 1 aromatic carbocycles. The van der Waals surface area contributed by atoms with Crippen LogP contribution in [0.1, 0.15) is 32.2 Å². The van der Waals surface area contributed by atoms with Gasteiger partial charge in [-0.3, -0.25) is 0 Å². The summed E-state index contributed by atoms with van der Waals surface area (Å²) in [5, 5.41) is 0.794. The second-order valence-corrected chi connectivity index (χ2v) is 6.34. The van der Waals surface area contributed by atoms with Gasteiger partial charge in [0.25, 0.3) is 0 Å². The van der Waals surface area contributed by atoms with Crippen LogP contribution in [-0.4, -0.2) is 9.97 Å².